The molecule has 1 amide bonds. The number of aliphatic imine (C=N–C) groups is 1. The van der Waals surface area contributed by atoms with E-state index in [9.17, 15) is 4.79 Å². The third-order valence-electron chi connectivity index (χ3n) is 6.93. The highest BCUT2D eigenvalue weighted by Gasteiger charge is 2.55. The molecule has 3 heterocycles. The third kappa shape index (κ3) is 3.52. The van der Waals surface area contributed by atoms with Gasteiger partial charge in [0.2, 0.25) is 0 Å². The summed E-state index contributed by atoms with van der Waals surface area (Å²) in [5.74, 6) is 1.15. The summed E-state index contributed by atoms with van der Waals surface area (Å²) in [5.41, 5.74) is 7.75. The van der Waals surface area contributed by atoms with Crippen LogP contribution in [0.4, 0.5) is 0 Å². The maximum absolute atomic E-state index is 13.6. The van der Waals surface area contributed by atoms with Crippen molar-refractivity contribution in [3.63, 3.8) is 0 Å². The van der Waals surface area contributed by atoms with Crippen molar-refractivity contribution in [2.75, 3.05) is 13.7 Å². The van der Waals surface area contributed by atoms with Gasteiger partial charge in [0.15, 0.2) is 11.5 Å². The number of rotatable bonds is 2. The SMILES string of the molecule is CN1C(=O)C2(CC(C3CCOC(C)(C)C3)Oc3ccc(-c4cccc(Br)c4)cc32)N=C1N. The van der Waals surface area contributed by atoms with Crippen LogP contribution >= 0.6 is 15.9 Å². The Morgan fingerprint density at radius 1 is 1.16 bits per heavy atom. The number of likely N-dealkylation sites (N-methyl/N-ethyl adjacent to an activating group) is 1. The number of carbonyl (C=O) groups is 1. The fourth-order valence-electron chi connectivity index (χ4n) is 5.28. The zero-order valence-electron chi connectivity index (χ0n) is 18.6. The first-order valence-corrected chi connectivity index (χ1v) is 11.8. The highest BCUT2D eigenvalue weighted by molar-refractivity contribution is 9.10. The quantitative estimate of drug-likeness (QED) is 0.664. The molecule has 7 heteroatoms. The number of hydrogen-bond acceptors (Lipinski definition) is 5. The van der Waals surface area contributed by atoms with Crippen molar-refractivity contribution in [1.29, 1.82) is 0 Å². The lowest BCUT2D eigenvalue weighted by Crippen LogP contribution is -2.49. The molecule has 3 aliphatic heterocycles. The van der Waals surface area contributed by atoms with Gasteiger partial charge in [-0.3, -0.25) is 9.69 Å². The molecule has 5 rings (SSSR count). The molecule has 6 nitrogen and oxygen atoms in total. The van der Waals surface area contributed by atoms with Gasteiger partial charge < -0.3 is 15.2 Å². The van der Waals surface area contributed by atoms with Crippen LogP contribution in [0, 0.1) is 5.92 Å². The summed E-state index contributed by atoms with van der Waals surface area (Å²) >= 11 is 3.55. The van der Waals surface area contributed by atoms with Crippen molar-refractivity contribution >= 4 is 27.8 Å². The van der Waals surface area contributed by atoms with Crippen molar-refractivity contribution in [2.45, 2.75) is 50.4 Å². The van der Waals surface area contributed by atoms with Gasteiger partial charge in [0.25, 0.3) is 5.91 Å². The van der Waals surface area contributed by atoms with Crippen LogP contribution in [0.25, 0.3) is 11.1 Å². The minimum Gasteiger partial charge on any atom is -0.490 e. The number of benzene rings is 2. The van der Waals surface area contributed by atoms with Crippen LogP contribution in [-0.4, -0.2) is 42.1 Å². The highest BCUT2D eigenvalue weighted by atomic mass is 79.9. The summed E-state index contributed by atoms with van der Waals surface area (Å²) in [7, 11) is 1.69. The number of hydrogen-bond donors (Lipinski definition) is 1. The number of nitrogens with zero attached hydrogens (tertiary/aromatic N) is 2. The predicted molar refractivity (Wildman–Crippen MR) is 127 cm³/mol. The van der Waals surface area contributed by atoms with E-state index in [4.69, 9.17) is 20.2 Å². The average molecular weight is 498 g/mol. The molecule has 0 saturated carbocycles. The molecule has 3 aliphatic rings. The summed E-state index contributed by atoms with van der Waals surface area (Å²) in [5, 5.41) is 0. The molecular formula is C25H28BrN3O3. The highest BCUT2D eigenvalue weighted by Crippen LogP contribution is 2.49. The van der Waals surface area contributed by atoms with Gasteiger partial charge in [0.1, 0.15) is 11.9 Å². The van der Waals surface area contributed by atoms with E-state index in [1.807, 2.05) is 30.3 Å². The molecule has 0 bridgehead atoms. The van der Waals surface area contributed by atoms with Crippen LogP contribution in [-0.2, 0) is 15.1 Å². The van der Waals surface area contributed by atoms with Crippen LogP contribution in [0.5, 0.6) is 5.75 Å². The van der Waals surface area contributed by atoms with Crippen LogP contribution in [0.2, 0.25) is 0 Å². The first-order valence-electron chi connectivity index (χ1n) is 11.0. The maximum Gasteiger partial charge on any atom is 0.261 e. The third-order valence-corrected chi connectivity index (χ3v) is 7.42. The fraction of sp³-hybridized carbons (Fsp3) is 0.440. The normalized spacial score (nSPS) is 28.9. The van der Waals surface area contributed by atoms with E-state index in [-0.39, 0.29) is 29.5 Å². The number of fused-ring (bicyclic) bond motifs is 2. The maximum atomic E-state index is 13.6. The lowest BCUT2D eigenvalue weighted by molar-refractivity contribution is -0.134. The standard InChI is InChI=1S/C25H28BrN3O3/c1-24(2)13-17(9-10-31-24)21-14-25(22(30)29(3)23(27)28-25)19-12-16(7-8-20(19)32-21)15-5-4-6-18(26)11-15/h4-8,11-12,17,21H,9-10,13-14H2,1-3H3,(H2,27,28). The summed E-state index contributed by atoms with van der Waals surface area (Å²) in [6.45, 7) is 4.92. The minimum atomic E-state index is -1.05. The lowest BCUT2D eigenvalue weighted by Gasteiger charge is -2.44. The van der Waals surface area contributed by atoms with Crippen molar-refractivity contribution in [1.82, 2.24) is 4.90 Å². The Kier molecular flexibility index (Phi) is 5.09. The van der Waals surface area contributed by atoms with Gasteiger partial charge in [-0.05, 0) is 62.1 Å². The Morgan fingerprint density at radius 3 is 2.62 bits per heavy atom. The van der Waals surface area contributed by atoms with E-state index in [0.717, 1.165) is 34.0 Å². The Hall–Kier alpha value is -2.38. The van der Waals surface area contributed by atoms with E-state index in [1.54, 1.807) is 7.05 Å². The number of amides is 1. The zero-order chi connectivity index (χ0) is 22.7. The second-order valence-corrected chi connectivity index (χ2v) is 10.6. The van der Waals surface area contributed by atoms with Crippen LogP contribution in [0.3, 0.4) is 0 Å². The second kappa shape index (κ2) is 7.59. The Labute approximate surface area is 196 Å². The van der Waals surface area contributed by atoms with Crippen molar-refractivity contribution in [3.05, 3.63) is 52.5 Å². The van der Waals surface area contributed by atoms with Crippen molar-refractivity contribution in [2.24, 2.45) is 16.6 Å². The molecule has 0 aromatic heterocycles. The van der Waals surface area contributed by atoms with Gasteiger partial charge in [-0.15, -0.1) is 0 Å². The summed E-state index contributed by atoms with van der Waals surface area (Å²) in [6, 6.07) is 14.2. The number of guanidine groups is 1. The van der Waals surface area contributed by atoms with Crippen LogP contribution < -0.4 is 10.5 Å². The number of ether oxygens (including phenoxy) is 2. The molecular weight excluding hydrogens is 470 g/mol. The first kappa shape index (κ1) is 21.5. The molecule has 0 radical (unpaired) electrons. The van der Waals surface area contributed by atoms with Gasteiger partial charge in [-0.25, -0.2) is 4.99 Å². The van der Waals surface area contributed by atoms with Gasteiger partial charge in [-0.2, -0.15) is 0 Å². The molecule has 2 N–H and O–H groups in total. The van der Waals surface area contributed by atoms with Gasteiger partial charge in [0, 0.05) is 36.0 Å². The average Bonchev–Trinajstić information content (AvgIpc) is 2.97. The Balaban J connectivity index is 1.60. The molecule has 1 saturated heterocycles. The monoisotopic (exact) mass is 497 g/mol. The Morgan fingerprint density at radius 2 is 1.94 bits per heavy atom. The van der Waals surface area contributed by atoms with Gasteiger partial charge >= 0.3 is 0 Å². The van der Waals surface area contributed by atoms with E-state index in [0.29, 0.717) is 18.8 Å². The largest absolute Gasteiger partial charge is 0.490 e. The van der Waals surface area contributed by atoms with Crippen LogP contribution in [0.1, 0.15) is 38.7 Å². The molecule has 0 aliphatic carbocycles. The molecule has 168 valence electrons. The molecule has 3 atom stereocenters. The van der Waals surface area contributed by atoms with Crippen LogP contribution in [0.15, 0.2) is 51.9 Å². The fourth-order valence-corrected chi connectivity index (χ4v) is 5.68. The lowest BCUT2D eigenvalue weighted by atomic mass is 9.74. The molecule has 1 fully saturated rings. The van der Waals surface area contributed by atoms with E-state index in [1.165, 1.54) is 4.90 Å². The van der Waals surface area contributed by atoms with Gasteiger partial charge in [-0.1, -0.05) is 34.1 Å². The topological polar surface area (TPSA) is 77.2 Å². The molecule has 2 aromatic carbocycles. The summed E-state index contributed by atoms with van der Waals surface area (Å²) < 4.78 is 13.5. The number of carbonyl (C=O) groups excluding carboxylic acids is 1. The van der Waals surface area contributed by atoms with E-state index >= 15 is 0 Å². The second-order valence-electron chi connectivity index (χ2n) is 9.64. The summed E-state index contributed by atoms with van der Waals surface area (Å²) in [4.78, 5) is 19.8. The molecule has 2 aromatic rings. The van der Waals surface area contributed by atoms with Gasteiger partial charge in [0.05, 0.1) is 5.60 Å². The molecule has 1 spiro atoms. The van der Waals surface area contributed by atoms with Crippen molar-refractivity contribution < 1.29 is 14.3 Å². The first-order chi connectivity index (χ1) is 15.2. The minimum absolute atomic E-state index is 0.0951. The molecule has 32 heavy (non-hydrogen) atoms. The number of nitrogens with two attached hydrogens (primary N) is 1. The summed E-state index contributed by atoms with van der Waals surface area (Å²) in [6.07, 6.45) is 2.13. The smallest absolute Gasteiger partial charge is 0.261 e. The number of halogens is 1. The predicted octanol–water partition coefficient (Wildman–Crippen LogP) is 4.45. The van der Waals surface area contributed by atoms with Crippen molar-refractivity contribution in [3.8, 4) is 16.9 Å². The molecule has 3 unspecified atom stereocenters. The van der Waals surface area contributed by atoms with E-state index in [2.05, 4.69) is 41.9 Å². The van der Waals surface area contributed by atoms with E-state index < -0.39 is 5.54 Å². The zero-order valence-corrected chi connectivity index (χ0v) is 20.2. The Bertz CT molecular complexity index is 1120.